The highest BCUT2D eigenvalue weighted by molar-refractivity contribution is 6.34. The molecule has 0 saturated carbocycles. The first-order valence-corrected chi connectivity index (χ1v) is 5.82. The number of aliphatic hydroxyl groups excluding tert-OH is 1. The van der Waals surface area contributed by atoms with Gasteiger partial charge in [0.15, 0.2) is 0 Å². The van der Waals surface area contributed by atoms with Crippen molar-refractivity contribution < 1.29 is 9.90 Å². The molecule has 0 unspecified atom stereocenters. The summed E-state index contributed by atoms with van der Waals surface area (Å²) >= 11 is 6.13. The molecule has 1 aromatic rings. The van der Waals surface area contributed by atoms with Crippen molar-refractivity contribution in [2.45, 2.75) is 19.4 Å². The molecule has 100 valence electrons. The van der Waals surface area contributed by atoms with Crippen molar-refractivity contribution in [3.8, 4) is 0 Å². The van der Waals surface area contributed by atoms with E-state index in [0.717, 1.165) is 0 Å². The molecule has 5 nitrogen and oxygen atoms in total. The van der Waals surface area contributed by atoms with Gasteiger partial charge >= 0.3 is 0 Å². The van der Waals surface area contributed by atoms with E-state index in [4.69, 9.17) is 23.1 Å². The number of hydrogen-bond donors (Lipinski definition) is 3. The number of amides is 1. The van der Waals surface area contributed by atoms with Crippen molar-refractivity contribution in [3.05, 3.63) is 22.7 Å². The Balaban J connectivity index is 3.44. The molecule has 0 heterocycles. The number of carbonyl (C=O) groups excluding carboxylic acids is 1. The fourth-order valence-corrected chi connectivity index (χ4v) is 1.91. The van der Waals surface area contributed by atoms with E-state index in [-0.39, 0.29) is 12.2 Å². The van der Waals surface area contributed by atoms with Crippen LogP contribution in [-0.4, -0.2) is 30.2 Å². The molecule has 0 radical (unpaired) electrons. The Hall–Kier alpha value is -1.46. The number of halogens is 1. The van der Waals surface area contributed by atoms with E-state index in [9.17, 15) is 9.90 Å². The van der Waals surface area contributed by atoms with Gasteiger partial charge in [0.05, 0.1) is 28.4 Å². The zero-order valence-electron chi connectivity index (χ0n) is 10.7. The third kappa shape index (κ3) is 2.68. The number of carbonyl (C=O) groups is 1. The minimum atomic E-state index is -0.611. The molecule has 0 aromatic heterocycles. The van der Waals surface area contributed by atoms with Crippen LogP contribution in [-0.2, 0) is 0 Å². The molecule has 1 rings (SSSR count). The summed E-state index contributed by atoms with van der Waals surface area (Å²) in [5.41, 5.74) is 11.5. The summed E-state index contributed by atoms with van der Waals surface area (Å²) in [6, 6.07) is 3.03. The van der Waals surface area contributed by atoms with E-state index in [2.05, 4.69) is 0 Å². The van der Waals surface area contributed by atoms with Crippen LogP contribution in [0.2, 0.25) is 5.02 Å². The molecule has 1 amide bonds. The topological polar surface area (TPSA) is 92.6 Å². The summed E-state index contributed by atoms with van der Waals surface area (Å²) in [7, 11) is 1.74. The van der Waals surface area contributed by atoms with Crippen LogP contribution in [0.1, 0.15) is 24.2 Å². The Morgan fingerprint density at radius 3 is 2.50 bits per heavy atom. The van der Waals surface area contributed by atoms with Crippen molar-refractivity contribution in [1.82, 2.24) is 0 Å². The van der Waals surface area contributed by atoms with Crippen LogP contribution in [0.5, 0.6) is 0 Å². The molecule has 0 spiro atoms. The van der Waals surface area contributed by atoms with Crippen LogP contribution < -0.4 is 16.4 Å². The molecule has 1 aromatic carbocycles. The number of primary amides is 1. The molecule has 0 aliphatic carbocycles. The van der Waals surface area contributed by atoms with Crippen molar-refractivity contribution in [1.29, 1.82) is 0 Å². The molecule has 0 aliphatic rings. The number of hydrogen-bond acceptors (Lipinski definition) is 4. The first kappa shape index (κ1) is 14.6. The molecule has 18 heavy (non-hydrogen) atoms. The predicted molar refractivity (Wildman–Crippen MR) is 74.0 cm³/mol. The Morgan fingerprint density at radius 2 is 2.06 bits per heavy atom. The standard InChI is InChI=1S/C12H18ClN3O2/c1-12(2,6-17)16(3)10-8(11(15)18)4-7(14)5-9(10)13/h4-5,17H,6,14H2,1-3H3,(H2,15,18). The Labute approximate surface area is 111 Å². The average molecular weight is 272 g/mol. The summed E-state index contributed by atoms with van der Waals surface area (Å²) in [5.74, 6) is -0.611. The van der Waals surface area contributed by atoms with E-state index in [1.54, 1.807) is 18.0 Å². The molecule has 0 aliphatic heterocycles. The van der Waals surface area contributed by atoms with Gasteiger partial charge in [-0.1, -0.05) is 11.6 Å². The van der Waals surface area contributed by atoms with Crippen LogP contribution in [0, 0.1) is 0 Å². The lowest BCUT2D eigenvalue weighted by molar-refractivity contribution is 0.100. The highest BCUT2D eigenvalue weighted by Crippen LogP contribution is 2.35. The maximum absolute atomic E-state index is 11.5. The van der Waals surface area contributed by atoms with Crippen LogP contribution in [0.3, 0.4) is 0 Å². The van der Waals surface area contributed by atoms with E-state index >= 15 is 0 Å². The van der Waals surface area contributed by atoms with Crippen molar-refractivity contribution in [3.63, 3.8) is 0 Å². The van der Waals surface area contributed by atoms with Gasteiger partial charge in [0, 0.05) is 12.7 Å². The number of nitrogens with zero attached hydrogens (tertiary/aromatic N) is 1. The second kappa shape index (κ2) is 5.04. The number of benzene rings is 1. The monoisotopic (exact) mass is 271 g/mol. The molecular weight excluding hydrogens is 254 g/mol. The fraction of sp³-hybridized carbons (Fsp3) is 0.417. The maximum Gasteiger partial charge on any atom is 0.250 e. The number of nitrogen functional groups attached to an aromatic ring is 1. The van der Waals surface area contributed by atoms with Gasteiger partial charge in [-0.05, 0) is 26.0 Å². The lowest BCUT2D eigenvalue weighted by atomic mass is 10.0. The third-order valence-electron chi connectivity index (χ3n) is 2.98. The molecule has 6 heteroatoms. The van der Waals surface area contributed by atoms with Gasteiger partial charge in [-0.3, -0.25) is 4.79 Å². The summed E-state index contributed by atoms with van der Waals surface area (Å²) in [6.45, 7) is 3.55. The van der Waals surface area contributed by atoms with Gasteiger partial charge in [0.2, 0.25) is 0 Å². The number of rotatable bonds is 4. The molecular formula is C12H18ClN3O2. The van der Waals surface area contributed by atoms with Crippen LogP contribution in [0.15, 0.2) is 12.1 Å². The second-order valence-corrected chi connectivity index (χ2v) is 5.20. The third-order valence-corrected chi connectivity index (χ3v) is 3.27. The van der Waals surface area contributed by atoms with E-state index in [1.807, 2.05) is 13.8 Å². The lowest BCUT2D eigenvalue weighted by Crippen LogP contribution is -2.45. The Morgan fingerprint density at radius 1 is 1.50 bits per heavy atom. The molecule has 0 atom stereocenters. The first-order valence-electron chi connectivity index (χ1n) is 5.44. The number of nitrogens with two attached hydrogens (primary N) is 2. The van der Waals surface area contributed by atoms with Crippen molar-refractivity contribution in [2.75, 3.05) is 24.3 Å². The number of aliphatic hydroxyl groups is 1. The van der Waals surface area contributed by atoms with E-state index in [1.165, 1.54) is 6.07 Å². The first-order chi connectivity index (χ1) is 8.20. The van der Waals surface area contributed by atoms with Gasteiger partial charge in [0.25, 0.3) is 5.91 Å². The van der Waals surface area contributed by atoms with E-state index < -0.39 is 11.4 Å². The zero-order valence-corrected chi connectivity index (χ0v) is 11.5. The van der Waals surface area contributed by atoms with Gasteiger partial charge in [-0.15, -0.1) is 0 Å². The van der Waals surface area contributed by atoms with Crippen molar-refractivity contribution >= 4 is 28.9 Å². The predicted octanol–water partition coefficient (Wildman–Crippen LogP) is 1.23. The summed E-state index contributed by atoms with van der Waals surface area (Å²) in [5, 5.41) is 9.70. The SMILES string of the molecule is CN(c1c(Cl)cc(N)cc1C(N)=O)C(C)(C)CO. The summed E-state index contributed by atoms with van der Waals surface area (Å²) < 4.78 is 0. The minimum absolute atomic E-state index is 0.0948. The average Bonchev–Trinajstić information content (AvgIpc) is 2.27. The molecule has 0 fully saturated rings. The fourth-order valence-electron chi connectivity index (χ4n) is 1.56. The van der Waals surface area contributed by atoms with Crippen molar-refractivity contribution in [2.24, 2.45) is 5.73 Å². The Bertz CT molecular complexity index is 475. The van der Waals surface area contributed by atoms with Gasteiger partial charge < -0.3 is 21.5 Å². The van der Waals surface area contributed by atoms with Gasteiger partial charge in [-0.2, -0.15) is 0 Å². The normalized spacial score (nSPS) is 11.4. The zero-order chi connectivity index (χ0) is 14.1. The lowest BCUT2D eigenvalue weighted by Gasteiger charge is -2.37. The van der Waals surface area contributed by atoms with Gasteiger partial charge in [0.1, 0.15) is 0 Å². The number of likely N-dealkylation sites (N-methyl/N-ethyl adjacent to an activating group) is 1. The highest BCUT2D eigenvalue weighted by Gasteiger charge is 2.27. The summed E-state index contributed by atoms with van der Waals surface area (Å²) in [6.07, 6.45) is 0. The summed E-state index contributed by atoms with van der Waals surface area (Å²) in [4.78, 5) is 13.2. The van der Waals surface area contributed by atoms with E-state index in [0.29, 0.717) is 16.4 Å². The highest BCUT2D eigenvalue weighted by atomic mass is 35.5. The Kier molecular flexibility index (Phi) is 4.09. The minimum Gasteiger partial charge on any atom is -0.399 e. The molecule has 0 bridgehead atoms. The largest absolute Gasteiger partial charge is 0.399 e. The second-order valence-electron chi connectivity index (χ2n) is 4.79. The quantitative estimate of drug-likeness (QED) is 0.718. The van der Waals surface area contributed by atoms with Crippen LogP contribution >= 0.6 is 11.6 Å². The smallest absolute Gasteiger partial charge is 0.250 e. The number of anilines is 2. The maximum atomic E-state index is 11.5. The van der Waals surface area contributed by atoms with Crippen LogP contribution in [0.25, 0.3) is 0 Å². The molecule has 5 N–H and O–H groups in total. The van der Waals surface area contributed by atoms with Crippen LogP contribution in [0.4, 0.5) is 11.4 Å². The van der Waals surface area contributed by atoms with Gasteiger partial charge in [-0.25, -0.2) is 0 Å². The molecule has 0 saturated heterocycles.